The number of fused-ring (bicyclic) bond motifs is 1. The molecule has 2 N–H and O–H groups in total. The number of rotatable bonds is 4. The highest BCUT2D eigenvalue weighted by Crippen LogP contribution is 2.31. The fourth-order valence-corrected chi connectivity index (χ4v) is 3.35. The number of amides is 3. The maximum Gasteiger partial charge on any atom is 0.270 e. The minimum absolute atomic E-state index is 0.0327. The van der Waals surface area contributed by atoms with Crippen LogP contribution in [0.1, 0.15) is 36.8 Å². The quantitative estimate of drug-likeness (QED) is 0.657. The second-order valence-corrected chi connectivity index (χ2v) is 6.89. The van der Waals surface area contributed by atoms with Gasteiger partial charge in [-0.3, -0.25) is 19.3 Å². The number of benzene rings is 2. The number of primary amides is 1. The van der Waals surface area contributed by atoms with Gasteiger partial charge in [-0.05, 0) is 35.9 Å². The number of hydrogen-bond acceptors (Lipinski definition) is 5. The predicted molar refractivity (Wildman–Crippen MR) is 101 cm³/mol. The van der Waals surface area contributed by atoms with Gasteiger partial charge < -0.3 is 5.73 Å². The van der Waals surface area contributed by atoms with Crippen molar-refractivity contribution >= 4 is 40.9 Å². The van der Waals surface area contributed by atoms with E-state index in [2.05, 4.69) is 10.3 Å². The topological polar surface area (TPSA) is 111 Å². The number of imide groups is 1. The molecule has 140 valence electrons. The lowest BCUT2D eigenvalue weighted by Gasteiger charge is -2.15. The molecule has 1 aromatic heterocycles. The van der Waals surface area contributed by atoms with Crippen LogP contribution in [0.5, 0.6) is 0 Å². The van der Waals surface area contributed by atoms with Crippen LogP contribution >= 0.6 is 23.2 Å². The molecule has 2 aromatic carbocycles. The number of nitrogens with zero attached hydrogens (tertiary/aromatic N) is 4. The number of hydrogen-bond donors (Lipinski definition) is 1. The smallest absolute Gasteiger partial charge is 0.270 e. The van der Waals surface area contributed by atoms with Gasteiger partial charge in [0.15, 0.2) is 5.69 Å². The van der Waals surface area contributed by atoms with Gasteiger partial charge in [-0.25, -0.2) is 4.68 Å². The number of carbonyl (C=O) groups is 3. The minimum atomic E-state index is -0.751. The molecule has 0 unspecified atom stereocenters. The molecule has 0 spiro atoms. The second-order valence-electron chi connectivity index (χ2n) is 6.04. The summed E-state index contributed by atoms with van der Waals surface area (Å²) in [5.41, 5.74) is 6.37. The summed E-state index contributed by atoms with van der Waals surface area (Å²) in [4.78, 5) is 38.2. The molecular weight excluding hydrogens is 405 g/mol. The Kier molecular flexibility index (Phi) is 4.37. The Labute approximate surface area is 168 Å². The van der Waals surface area contributed by atoms with Crippen LogP contribution in [0, 0.1) is 0 Å². The molecule has 10 heteroatoms. The molecule has 0 fully saturated rings. The first-order chi connectivity index (χ1) is 13.4. The molecule has 4 rings (SSSR count). The van der Waals surface area contributed by atoms with E-state index in [-0.39, 0.29) is 23.4 Å². The Hall–Kier alpha value is -3.23. The molecule has 3 aromatic rings. The summed E-state index contributed by atoms with van der Waals surface area (Å²) in [6.07, 6.45) is 1.30. The standard InChI is InChI=1S/C18H11Cl2N5O3/c19-10-4-5-12(20)9(6-10)7-24-17(27)11-2-1-3-14(15(11)18(24)28)25-8-13(16(21)26)22-23-25/h1-6,8H,7H2,(H2,21,26). The van der Waals surface area contributed by atoms with E-state index in [1.807, 2.05) is 0 Å². The van der Waals surface area contributed by atoms with Gasteiger partial charge >= 0.3 is 0 Å². The van der Waals surface area contributed by atoms with Crippen molar-refractivity contribution < 1.29 is 14.4 Å². The van der Waals surface area contributed by atoms with Crippen LogP contribution in [-0.2, 0) is 6.54 Å². The molecule has 0 radical (unpaired) electrons. The molecule has 1 aliphatic heterocycles. The van der Waals surface area contributed by atoms with Crippen molar-refractivity contribution in [2.45, 2.75) is 6.54 Å². The summed E-state index contributed by atoms with van der Waals surface area (Å²) >= 11 is 12.2. The SMILES string of the molecule is NC(=O)c1cn(-c2cccc3c2C(=O)N(Cc2cc(Cl)ccc2Cl)C3=O)nn1. The second kappa shape index (κ2) is 6.74. The zero-order valence-corrected chi connectivity index (χ0v) is 15.6. The first kappa shape index (κ1) is 18.1. The number of halogens is 2. The molecule has 0 bridgehead atoms. The van der Waals surface area contributed by atoms with Gasteiger partial charge in [-0.15, -0.1) is 5.10 Å². The largest absolute Gasteiger partial charge is 0.364 e. The Balaban J connectivity index is 1.75. The van der Waals surface area contributed by atoms with Crippen molar-refractivity contribution in [3.63, 3.8) is 0 Å². The molecule has 0 saturated carbocycles. The summed E-state index contributed by atoms with van der Waals surface area (Å²) in [7, 11) is 0. The summed E-state index contributed by atoms with van der Waals surface area (Å²) in [6.45, 7) is -0.0327. The van der Waals surface area contributed by atoms with Crippen molar-refractivity contribution in [2.24, 2.45) is 5.73 Å². The van der Waals surface area contributed by atoms with Crippen molar-refractivity contribution in [1.82, 2.24) is 19.9 Å². The highest BCUT2D eigenvalue weighted by Gasteiger charge is 2.38. The molecule has 0 atom stereocenters. The lowest BCUT2D eigenvalue weighted by atomic mass is 10.1. The maximum atomic E-state index is 13.0. The summed E-state index contributed by atoms with van der Waals surface area (Å²) < 4.78 is 1.24. The molecule has 2 heterocycles. The molecule has 0 aliphatic carbocycles. The van der Waals surface area contributed by atoms with Crippen molar-refractivity contribution in [2.75, 3.05) is 0 Å². The van der Waals surface area contributed by atoms with Gasteiger partial charge in [-0.2, -0.15) is 0 Å². The first-order valence-corrected chi connectivity index (χ1v) is 8.78. The van der Waals surface area contributed by atoms with Crippen molar-refractivity contribution in [3.05, 3.63) is 75.0 Å². The minimum Gasteiger partial charge on any atom is -0.364 e. The van der Waals surface area contributed by atoms with Gasteiger partial charge in [0.05, 0.1) is 29.6 Å². The van der Waals surface area contributed by atoms with Crippen molar-refractivity contribution in [3.8, 4) is 5.69 Å². The monoisotopic (exact) mass is 415 g/mol. The Morgan fingerprint density at radius 2 is 1.89 bits per heavy atom. The van der Waals surface area contributed by atoms with E-state index in [4.69, 9.17) is 28.9 Å². The van der Waals surface area contributed by atoms with Crippen LogP contribution in [0.3, 0.4) is 0 Å². The van der Waals surface area contributed by atoms with Gasteiger partial charge in [0, 0.05) is 10.0 Å². The lowest BCUT2D eigenvalue weighted by Crippen LogP contribution is -2.29. The van der Waals surface area contributed by atoms with E-state index in [9.17, 15) is 14.4 Å². The number of nitrogens with two attached hydrogens (primary N) is 1. The fraction of sp³-hybridized carbons (Fsp3) is 0.0556. The van der Waals surface area contributed by atoms with E-state index in [1.165, 1.54) is 10.9 Å². The Morgan fingerprint density at radius 1 is 1.11 bits per heavy atom. The molecule has 0 saturated heterocycles. The maximum absolute atomic E-state index is 13.0. The van der Waals surface area contributed by atoms with Crippen LogP contribution in [0.2, 0.25) is 10.0 Å². The van der Waals surface area contributed by atoms with E-state index in [0.29, 0.717) is 21.3 Å². The van der Waals surface area contributed by atoms with Crippen LogP contribution in [0.4, 0.5) is 0 Å². The van der Waals surface area contributed by atoms with E-state index in [0.717, 1.165) is 4.90 Å². The number of carbonyl (C=O) groups excluding carboxylic acids is 3. The molecule has 1 aliphatic rings. The van der Waals surface area contributed by atoms with Crippen LogP contribution in [0.15, 0.2) is 42.6 Å². The third-order valence-electron chi connectivity index (χ3n) is 4.31. The average molecular weight is 416 g/mol. The van der Waals surface area contributed by atoms with E-state index in [1.54, 1.807) is 36.4 Å². The van der Waals surface area contributed by atoms with Crippen LogP contribution < -0.4 is 5.73 Å². The van der Waals surface area contributed by atoms with Gasteiger partial charge in [0.1, 0.15) is 0 Å². The summed E-state index contributed by atoms with van der Waals surface area (Å²) in [5, 5.41) is 8.33. The number of aromatic nitrogens is 3. The zero-order chi connectivity index (χ0) is 20.0. The fourth-order valence-electron chi connectivity index (χ4n) is 2.98. The van der Waals surface area contributed by atoms with E-state index < -0.39 is 17.7 Å². The Morgan fingerprint density at radius 3 is 2.61 bits per heavy atom. The highest BCUT2D eigenvalue weighted by atomic mass is 35.5. The van der Waals surface area contributed by atoms with Gasteiger partial charge in [0.2, 0.25) is 0 Å². The van der Waals surface area contributed by atoms with Crippen LogP contribution in [-0.4, -0.2) is 37.6 Å². The van der Waals surface area contributed by atoms with Gasteiger partial charge in [0.25, 0.3) is 17.7 Å². The van der Waals surface area contributed by atoms with Crippen molar-refractivity contribution in [1.29, 1.82) is 0 Å². The zero-order valence-electron chi connectivity index (χ0n) is 14.1. The summed E-state index contributed by atoms with van der Waals surface area (Å²) in [6, 6.07) is 9.58. The third-order valence-corrected chi connectivity index (χ3v) is 4.91. The first-order valence-electron chi connectivity index (χ1n) is 8.02. The van der Waals surface area contributed by atoms with Gasteiger partial charge in [-0.1, -0.05) is 34.5 Å². The lowest BCUT2D eigenvalue weighted by molar-refractivity contribution is 0.0642. The van der Waals surface area contributed by atoms with E-state index >= 15 is 0 Å². The molecule has 3 amide bonds. The third kappa shape index (κ3) is 2.92. The highest BCUT2D eigenvalue weighted by molar-refractivity contribution is 6.33. The average Bonchev–Trinajstić information content (AvgIpc) is 3.25. The van der Waals surface area contributed by atoms with Crippen LogP contribution in [0.25, 0.3) is 5.69 Å². The normalized spacial score (nSPS) is 13.1. The summed E-state index contributed by atoms with van der Waals surface area (Å²) in [5.74, 6) is -1.73. The Bertz CT molecular complexity index is 1160. The molecular formula is C18H11Cl2N5O3. The predicted octanol–water partition coefficient (Wildman–Crippen LogP) is 2.47. The molecule has 8 nitrogen and oxygen atoms in total. The molecule has 28 heavy (non-hydrogen) atoms.